The smallest absolute Gasteiger partial charge is 0.261 e. The van der Waals surface area contributed by atoms with E-state index in [4.69, 9.17) is 4.84 Å². The largest absolute Gasteiger partial charge is 0.385 e. The lowest BCUT2D eigenvalue weighted by Gasteiger charge is -2.59. The summed E-state index contributed by atoms with van der Waals surface area (Å²) in [7, 11) is 0. The number of fused-ring (bicyclic) bond motifs is 5. The second-order valence-electron chi connectivity index (χ2n) is 12.7. The van der Waals surface area contributed by atoms with Crippen molar-refractivity contribution in [2.75, 3.05) is 13.2 Å². The van der Waals surface area contributed by atoms with Crippen LogP contribution in [0.2, 0.25) is 0 Å². The fourth-order valence-electron chi connectivity index (χ4n) is 8.72. The lowest BCUT2D eigenvalue weighted by molar-refractivity contribution is -0.159. The molecule has 5 rings (SSSR count). The van der Waals surface area contributed by atoms with E-state index in [1.165, 1.54) is 5.57 Å². The molecular formula is C29H43N3O5. The van der Waals surface area contributed by atoms with E-state index in [2.05, 4.69) is 35.7 Å². The molecule has 0 aromatic rings. The van der Waals surface area contributed by atoms with Gasteiger partial charge >= 0.3 is 0 Å². The van der Waals surface area contributed by atoms with Crippen molar-refractivity contribution in [2.24, 2.45) is 33.7 Å². The number of carbonyl (C=O) groups excluding carboxylic acids is 3. The molecule has 0 unspecified atom stereocenters. The highest BCUT2D eigenvalue weighted by Crippen LogP contribution is 2.67. The van der Waals surface area contributed by atoms with E-state index in [9.17, 15) is 19.5 Å². The molecule has 3 saturated carbocycles. The number of nitrogens with zero attached hydrogens (tertiary/aromatic N) is 1. The number of hydrogen-bond acceptors (Lipinski definition) is 6. The molecule has 8 heteroatoms. The molecule has 5 aliphatic rings. The number of amides is 2. The third kappa shape index (κ3) is 4.43. The quantitative estimate of drug-likeness (QED) is 0.487. The Kier molecular flexibility index (Phi) is 7.01. The van der Waals surface area contributed by atoms with Crippen LogP contribution in [0.3, 0.4) is 0 Å². The number of hydrogen-bond donors (Lipinski definition) is 3. The van der Waals surface area contributed by atoms with Crippen molar-refractivity contribution < 1.29 is 24.3 Å². The van der Waals surface area contributed by atoms with Gasteiger partial charge in [-0.25, -0.2) is 0 Å². The first-order valence-electron chi connectivity index (χ1n) is 14.3. The van der Waals surface area contributed by atoms with Gasteiger partial charge in [-0.2, -0.15) is 0 Å². The zero-order valence-electron chi connectivity index (χ0n) is 22.6. The summed E-state index contributed by atoms with van der Waals surface area (Å²) in [4.78, 5) is 42.2. The van der Waals surface area contributed by atoms with Crippen LogP contribution in [0.5, 0.6) is 0 Å². The SMILES string of the molecule is CC(=O)[C@@]1(O)CC[C@H]2[C@@H]3CCC4=C/C(=N/OCC(=O)N[C@H]5CCCCNC5=O)CC[C@]4(C)[C@H]3CC[C@@]21C. The maximum absolute atomic E-state index is 12.4. The number of ketones is 1. The number of allylic oxidation sites excluding steroid dienone is 2. The highest BCUT2D eigenvalue weighted by Gasteiger charge is 2.65. The van der Waals surface area contributed by atoms with Gasteiger partial charge in [-0.1, -0.05) is 24.6 Å². The normalized spacial score (nSPS) is 42.4. The first-order chi connectivity index (χ1) is 17.6. The van der Waals surface area contributed by atoms with Gasteiger partial charge in [0.1, 0.15) is 11.6 Å². The minimum atomic E-state index is -1.17. The van der Waals surface area contributed by atoms with Gasteiger partial charge in [-0.05, 0) is 107 Å². The molecule has 204 valence electrons. The Morgan fingerprint density at radius 3 is 2.68 bits per heavy atom. The van der Waals surface area contributed by atoms with Gasteiger partial charge in [0.05, 0.1) is 5.71 Å². The summed E-state index contributed by atoms with van der Waals surface area (Å²) in [5.74, 6) is 0.963. The van der Waals surface area contributed by atoms with Crippen LogP contribution in [0.25, 0.3) is 0 Å². The van der Waals surface area contributed by atoms with E-state index in [0.717, 1.165) is 63.5 Å². The molecule has 2 amide bonds. The molecule has 0 aromatic carbocycles. The second kappa shape index (κ2) is 9.83. The monoisotopic (exact) mass is 513 g/mol. The van der Waals surface area contributed by atoms with Crippen LogP contribution < -0.4 is 10.6 Å². The van der Waals surface area contributed by atoms with E-state index in [1.807, 2.05) is 0 Å². The van der Waals surface area contributed by atoms with E-state index in [0.29, 0.717) is 37.1 Å². The Labute approximate surface area is 220 Å². The summed E-state index contributed by atoms with van der Waals surface area (Å²) in [6, 6.07) is -0.498. The van der Waals surface area contributed by atoms with Crippen LogP contribution in [-0.4, -0.2) is 53.2 Å². The van der Waals surface area contributed by atoms with Gasteiger partial charge in [0.2, 0.25) is 5.91 Å². The summed E-state index contributed by atoms with van der Waals surface area (Å²) >= 11 is 0. The van der Waals surface area contributed by atoms with Crippen LogP contribution in [0.15, 0.2) is 16.8 Å². The Bertz CT molecular complexity index is 1020. The standard InChI is InChI=1S/C29H43N3O5/c1-18(33)29(36)14-11-23-21-8-7-19-16-20(9-12-27(19,2)22(21)10-13-28(23,29)3)32-37-17-25(34)31-24-6-4-5-15-30-26(24)35/h16,21-24,36H,4-15,17H2,1-3H3,(H,30,35)(H,31,34)/b32-20+/t21-,22+,23+,24+,27+,28+,29+/m1/s1. The van der Waals surface area contributed by atoms with Gasteiger partial charge in [-0.3, -0.25) is 14.4 Å². The van der Waals surface area contributed by atoms with Crippen LogP contribution in [0, 0.1) is 28.6 Å². The number of rotatable bonds is 5. The summed E-state index contributed by atoms with van der Waals surface area (Å²) < 4.78 is 0. The first-order valence-corrected chi connectivity index (χ1v) is 14.3. The molecule has 4 fully saturated rings. The fourth-order valence-corrected chi connectivity index (χ4v) is 8.72. The summed E-state index contributed by atoms with van der Waals surface area (Å²) in [6.07, 6.45) is 12.0. The van der Waals surface area contributed by atoms with E-state index in [1.54, 1.807) is 6.92 Å². The lowest BCUT2D eigenvalue weighted by Crippen LogP contribution is -2.57. The van der Waals surface area contributed by atoms with Crippen LogP contribution >= 0.6 is 0 Å². The van der Waals surface area contributed by atoms with Gasteiger partial charge in [0, 0.05) is 12.0 Å². The number of carbonyl (C=O) groups is 3. The number of nitrogens with one attached hydrogen (secondary N) is 2. The average molecular weight is 514 g/mol. The summed E-state index contributed by atoms with van der Waals surface area (Å²) in [5.41, 5.74) is 0.911. The van der Waals surface area contributed by atoms with Gasteiger partial charge in [0.15, 0.2) is 12.4 Å². The minimum Gasteiger partial charge on any atom is -0.385 e. The third-order valence-electron chi connectivity index (χ3n) is 11.0. The zero-order valence-corrected chi connectivity index (χ0v) is 22.6. The Balaban J connectivity index is 1.22. The summed E-state index contributed by atoms with van der Waals surface area (Å²) in [6.45, 7) is 6.58. The molecule has 1 heterocycles. The molecule has 3 N–H and O–H groups in total. The van der Waals surface area contributed by atoms with Crippen LogP contribution in [0.1, 0.15) is 91.4 Å². The van der Waals surface area contributed by atoms with Gasteiger partial charge in [-0.15, -0.1) is 0 Å². The Hall–Kier alpha value is -2.22. The van der Waals surface area contributed by atoms with E-state index >= 15 is 0 Å². The van der Waals surface area contributed by atoms with Crippen molar-refractivity contribution in [3.63, 3.8) is 0 Å². The van der Waals surface area contributed by atoms with Crippen LogP contribution in [0.4, 0.5) is 0 Å². The molecular weight excluding hydrogens is 470 g/mol. The topological polar surface area (TPSA) is 117 Å². The molecule has 7 atom stereocenters. The number of oxime groups is 1. The second-order valence-corrected chi connectivity index (χ2v) is 12.7. The Morgan fingerprint density at radius 2 is 1.89 bits per heavy atom. The third-order valence-corrected chi connectivity index (χ3v) is 11.0. The van der Waals surface area contributed by atoms with Crippen molar-refractivity contribution in [2.45, 2.75) is 103 Å². The number of aliphatic hydroxyl groups is 1. The molecule has 0 radical (unpaired) electrons. The molecule has 1 aliphatic heterocycles. The van der Waals surface area contributed by atoms with Gasteiger partial charge in [0.25, 0.3) is 5.91 Å². The van der Waals surface area contributed by atoms with Crippen molar-refractivity contribution in [1.29, 1.82) is 0 Å². The van der Waals surface area contributed by atoms with Crippen molar-refractivity contribution in [3.05, 3.63) is 11.6 Å². The average Bonchev–Trinajstić information content (AvgIpc) is 2.99. The fraction of sp³-hybridized carbons (Fsp3) is 0.793. The highest BCUT2D eigenvalue weighted by molar-refractivity contribution is 5.96. The Morgan fingerprint density at radius 1 is 1.11 bits per heavy atom. The van der Waals surface area contributed by atoms with Crippen molar-refractivity contribution >= 4 is 23.3 Å². The maximum atomic E-state index is 12.4. The predicted octanol–water partition coefficient (Wildman–Crippen LogP) is 3.43. The molecule has 4 aliphatic carbocycles. The van der Waals surface area contributed by atoms with Crippen molar-refractivity contribution in [3.8, 4) is 0 Å². The summed E-state index contributed by atoms with van der Waals surface area (Å²) in [5, 5.41) is 21.2. The van der Waals surface area contributed by atoms with Crippen molar-refractivity contribution in [1.82, 2.24) is 10.6 Å². The van der Waals surface area contributed by atoms with Crippen LogP contribution in [-0.2, 0) is 19.2 Å². The molecule has 0 aromatic heterocycles. The lowest BCUT2D eigenvalue weighted by atomic mass is 9.46. The highest BCUT2D eigenvalue weighted by atomic mass is 16.6. The molecule has 1 saturated heterocycles. The molecule has 0 spiro atoms. The number of Topliss-reactive ketones (excluding diaryl/α,β-unsaturated/α-hetero) is 1. The van der Waals surface area contributed by atoms with Gasteiger partial charge < -0.3 is 20.6 Å². The molecule has 0 bridgehead atoms. The first kappa shape index (κ1) is 26.4. The van der Waals surface area contributed by atoms with E-state index in [-0.39, 0.29) is 35.0 Å². The van der Waals surface area contributed by atoms with E-state index < -0.39 is 11.6 Å². The zero-order chi connectivity index (χ0) is 26.4. The molecule has 8 nitrogen and oxygen atoms in total. The predicted molar refractivity (Wildman–Crippen MR) is 140 cm³/mol. The molecule has 37 heavy (non-hydrogen) atoms. The maximum Gasteiger partial charge on any atom is 0.261 e. The minimum absolute atomic E-state index is 0.0664.